The predicted molar refractivity (Wildman–Crippen MR) is 86.7 cm³/mol. The monoisotopic (exact) mass is 288 g/mol. The van der Waals surface area contributed by atoms with Crippen LogP contribution in [0.2, 0.25) is 0 Å². The standard InChI is InChI=1S/C18H28N2O/c1(4-12-19-16-8-9-16)5-13-21-18-7-3-2-6-15(18)14-20-17-10-11-17/h2-3,6-7,16-17,19-20H,1,4-5,8-14H2. The number of para-hydroxylation sites is 1. The molecule has 2 aliphatic carbocycles. The molecule has 116 valence electrons. The number of benzene rings is 1. The second-order valence-electron chi connectivity index (χ2n) is 6.40. The molecule has 0 aliphatic heterocycles. The van der Waals surface area contributed by atoms with E-state index < -0.39 is 0 Å². The third-order valence-corrected chi connectivity index (χ3v) is 4.22. The first-order chi connectivity index (χ1) is 10.4. The van der Waals surface area contributed by atoms with Crippen molar-refractivity contribution in [2.24, 2.45) is 0 Å². The summed E-state index contributed by atoms with van der Waals surface area (Å²) in [5.74, 6) is 1.06. The molecule has 21 heavy (non-hydrogen) atoms. The minimum Gasteiger partial charge on any atom is -0.493 e. The van der Waals surface area contributed by atoms with Crippen molar-refractivity contribution in [2.75, 3.05) is 13.2 Å². The molecule has 3 rings (SSSR count). The largest absolute Gasteiger partial charge is 0.493 e. The first-order valence-corrected chi connectivity index (χ1v) is 8.59. The van der Waals surface area contributed by atoms with Gasteiger partial charge in [0, 0.05) is 24.2 Å². The summed E-state index contributed by atoms with van der Waals surface area (Å²) < 4.78 is 5.97. The first kappa shape index (κ1) is 14.9. The van der Waals surface area contributed by atoms with Crippen molar-refractivity contribution in [2.45, 2.75) is 63.6 Å². The van der Waals surface area contributed by atoms with Crippen LogP contribution in [0.15, 0.2) is 24.3 Å². The molecule has 0 saturated heterocycles. The molecule has 1 aromatic carbocycles. The van der Waals surface area contributed by atoms with E-state index >= 15 is 0 Å². The fraction of sp³-hybridized carbons (Fsp3) is 0.667. The fourth-order valence-corrected chi connectivity index (χ4v) is 2.51. The zero-order chi connectivity index (χ0) is 14.3. The molecule has 0 radical (unpaired) electrons. The maximum Gasteiger partial charge on any atom is 0.123 e. The molecule has 0 amide bonds. The molecule has 0 aromatic heterocycles. The van der Waals surface area contributed by atoms with Crippen molar-refractivity contribution >= 4 is 0 Å². The van der Waals surface area contributed by atoms with Gasteiger partial charge >= 0.3 is 0 Å². The van der Waals surface area contributed by atoms with E-state index in [0.29, 0.717) is 0 Å². The Labute approximate surface area is 128 Å². The van der Waals surface area contributed by atoms with E-state index in [2.05, 4.69) is 34.9 Å². The highest BCUT2D eigenvalue weighted by atomic mass is 16.5. The van der Waals surface area contributed by atoms with Gasteiger partial charge in [-0.2, -0.15) is 0 Å². The average Bonchev–Trinajstić information content (AvgIpc) is 3.39. The van der Waals surface area contributed by atoms with Crippen LogP contribution in [0.4, 0.5) is 0 Å². The molecule has 3 nitrogen and oxygen atoms in total. The Kier molecular flexibility index (Phi) is 5.53. The lowest BCUT2D eigenvalue weighted by atomic mass is 10.2. The first-order valence-electron chi connectivity index (χ1n) is 8.59. The lowest BCUT2D eigenvalue weighted by molar-refractivity contribution is 0.301. The van der Waals surface area contributed by atoms with Gasteiger partial charge in [0.15, 0.2) is 0 Å². The summed E-state index contributed by atoms with van der Waals surface area (Å²) in [5, 5.41) is 7.12. The molecule has 2 N–H and O–H groups in total. The number of hydrogen-bond acceptors (Lipinski definition) is 3. The Hall–Kier alpha value is -1.06. The summed E-state index contributed by atoms with van der Waals surface area (Å²) in [4.78, 5) is 0. The molecule has 0 unspecified atom stereocenters. The summed E-state index contributed by atoms with van der Waals surface area (Å²) in [6.07, 6.45) is 9.10. The van der Waals surface area contributed by atoms with Crippen molar-refractivity contribution in [3.63, 3.8) is 0 Å². The zero-order valence-electron chi connectivity index (χ0n) is 12.9. The molecule has 2 fully saturated rings. The van der Waals surface area contributed by atoms with Crippen molar-refractivity contribution in [3.8, 4) is 5.75 Å². The van der Waals surface area contributed by atoms with Crippen LogP contribution in [0.1, 0.15) is 50.5 Å². The lowest BCUT2D eigenvalue weighted by Gasteiger charge is -2.12. The van der Waals surface area contributed by atoms with E-state index in [0.717, 1.165) is 37.4 Å². The van der Waals surface area contributed by atoms with E-state index in [-0.39, 0.29) is 0 Å². The minimum atomic E-state index is 0.747. The third-order valence-electron chi connectivity index (χ3n) is 4.22. The van der Waals surface area contributed by atoms with E-state index in [1.165, 1.54) is 50.6 Å². The van der Waals surface area contributed by atoms with Crippen LogP contribution in [-0.4, -0.2) is 25.2 Å². The summed E-state index contributed by atoms with van der Waals surface area (Å²) in [7, 11) is 0. The SMILES string of the molecule is c1ccc(OCCCCCNC2CC2)c(CNC2CC2)c1. The Balaban J connectivity index is 1.29. The van der Waals surface area contributed by atoms with Crippen molar-refractivity contribution < 1.29 is 4.74 Å². The maximum absolute atomic E-state index is 5.97. The lowest BCUT2D eigenvalue weighted by Crippen LogP contribution is -2.17. The number of nitrogens with one attached hydrogen (secondary N) is 2. The molecular formula is C18H28N2O. The molecule has 0 heterocycles. The highest BCUT2D eigenvalue weighted by Crippen LogP contribution is 2.23. The van der Waals surface area contributed by atoms with Gasteiger partial charge in [0.2, 0.25) is 0 Å². The van der Waals surface area contributed by atoms with Gasteiger partial charge in [-0.1, -0.05) is 18.2 Å². The van der Waals surface area contributed by atoms with Gasteiger partial charge in [-0.15, -0.1) is 0 Å². The van der Waals surface area contributed by atoms with Crippen LogP contribution < -0.4 is 15.4 Å². The number of hydrogen-bond donors (Lipinski definition) is 2. The second kappa shape index (κ2) is 7.81. The summed E-state index contributed by atoms with van der Waals surface area (Å²) in [6, 6.07) is 10.0. The molecule has 2 aliphatic rings. The number of unbranched alkanes of at least 4 members (excludes halogenated alkanes) is 2. The summed E-state index contributed by atoms with van der Waals surface area (Å²) in [6.45, 7) is 2.95. The van der Waals surface area contributed by atoms with Crippen LogP contribution in [0, 0.1) is 0 Å². The zero-order valence-corrected chi connectivity index (χ0v) is 12.9. The maximum atomic E-state index is 5.97. The van der Waals surface area contributed by atoms with Crippen molar-refractivity contribution in [1.29, 1.82) is 0 Å². The van der Waals surface area contributed by atoms with Gasteiger partial charge < -0.3 is 15.4 Å². The molecule has 1 aromatic rings. The van der Waals surface area contributed by atoms with Gasteiger partial charge in [-0.3, -0.25) is 0 Å². The molecule has 0 atom stereocenters. The van der Waals surface area contributed by atoms with Crippen LogP contribution in [0.3, 0.4) is 0 Å². The molecule has 0 bridgehead atoms. The highest BCUT2D eigenvalue weighted by molar-refractivity contribution is 5.33. The van der Waals surface area contributed by atoms with Crippen LogP contribution in [-0.2, 0) is 6.54 Å². The topological polar surface area (TPSA) is 33.3 Å². The van der Waals surface area contributed by atoms with E-state index in [4.69, 9.17) is 4.74 Å². The highest BCUT2D eigenvalue weighted by Gasteiger charge is 2.20. The molecule has 0 spiro atoms. The second-order valence-corrected chi connectivity index (χ2v) is 6.40. The van der Waals surface area contributed by atoms with Crippen molar-refractivity contribution in [1.82, 2.24) is 10.6 Å². The molecule has 2 saturated carbocycles. The van der Waals surface area contributed by atoms with Crippen LogP contribution >= 0.6 is 0 Å². The Morgan fingerprint density at radius 2 is 1.67 bits per heavy atom. The van der Waals surface area contributed by atoms with Crippen molar-refractivity contribution in [3.05, 3.63) is 29.8 Å². The minimum absolute atomic E-state index is 0.747. The quantitative estimate of drug-likeness (QED) is 0.613. The molecule has 3 heteroatoms. The van der Waals surface area contributed by atoms with Gasteiger partial charge in [-0.05, 0) is 57.6 Å². The van der Waals surface area contributed by atoms with E-state index in [9.17, 15) is 0 Å². The summed E-state index contributed by atoms with van der Waals surface area (Å²) >= 11 is 0. The van der Waals surface area contributed by atoms with E-state index in [1.807, 2.05) is 0 Å². The number of ether oxygens (including phenoxy) is 1. The Morgan fingerprint density at radius 1 is 0.905 bits per heavy atom. The fourth-order valence-electron chi connectivity index (χ4n) is 2.51. The Morgan fingerprint density at radius 3 is 2.48 bits per heavy atom. The Bertz CT molecular complexity index is 427. The van der Waals surface area contributed by atoms with Crippen LogP contribution in [0.25, 0.3) is 0 Å². The van der Waals surface area contributed by atoms with E-state index in [1.54, 1.807) is 0 Å². The summed E-state index contributed by atoms with van der Waals surface area (Å²) in [5.41, 5.74) is 1.29. The number of rotatable bonds is 11. The smallest absolute Gasteiger partial charge is 0.123 e. The van der Waals surface area contributed by atoms with Gasteiger partial charge in [0.1, 0.15) is 5.75 Å². The van der Waals surface area contributed by atoms with Gasteiger partial charge in [0.05, 0.1) is 6.61 Å². The predicted octanol–water partition coefficient (Wildman–Crippen LogP) is 3.24. The molecular weight excluding hydrogens is 260 g/mol. The van der Waals surface area contributed by atoms with Gasteiger partial charge in [0.25, 0.3) is 0 Å². The van der Waals surface area contributed by atoms with Crippen LogP contribution in [0.5, 0.6) is 5.75 Å². The third kappa shape index (κ3) is 5.68. The van der Waals surface area contributed by atoms with Gasteiger partial charge in [-0.25, -0.2) is 0 Å². The average molecular weight is 288 g/mol. The normalized spacial score (nSPS) is 17.9.